The minimum Gasteiger partial charge on any atom is -0.379 e. The van der Waals surface area contributed by atoms with Crippen LogP contribution >= 0.6 is 0 Å². The van der Waals surface area contributed by atoms with Gasteiger partial charge in [-0.25, -0.2) is 4.39 Å². The van der Waals surface area contributed by atoms with Crippen molar-refractivity contribution in [3.05, 3.63) is 42.5 Å². The van der Waals surface area contributed by atoms with Crippen molar-refractivity contribution in [2.24, 2.45) is 0 Å². The minimum absolute atomic E-state index is 0.00825. The first-order chi connectivity index (χ1) is 8.25. The maximum atomic E-state index is 13.2. The number of halogens is 1. The summed E-state index contributed by atoms with van der Waals surface area (Å²) < 4.78 is 18.3. The Balaban J connectivity index is 2.26. The molecule has 1 amide bonds. The highest BCUT2D eigenvalue weighted by atomic mass is 19.1. The molecule has 1 aromatic heterocycles. The molecule has 4 nitrogen and oxygen atoms in total. The normalized spacial score (nSPS) is 9.94. The van der Waals surface area contributed by atoms with Crippen LogP contribution in [-0.2, 0) is 4.74 Å². The lowest BCUT2D eigenvalue weighted by Crippen LogP contribution is -2.28. The van der Waals surface area contributed by atoms with E-state index in [1.54, 1.807) is 6.08 Å². The number of hydrogen-bond acceptors (Lipinski definition) is 3. The van der Waals surface area contributed by atoms with E-state index in [1.165, 1.54) is 12.3 Å². The van der Waals surface area contributed by atoms with Gasteiger partial charge < -0.3 is 10.1 Å². The summed E-state index contributed by atoms with van der Waals surface area (Å²) in [5.41, 5.74) is -0.00825. The van der Waals surface area contributed by atoms with Crippen LogP contribution in [-0.4, -0.2) is 30.6 Å². The highest BCUT2D eigenvalue weighted by Gasteiger charge is 2.09. The van der Waals surface area contributed by atoms with Crippen LogP contribution in [0.5, 0.6) is 0 Å². The van der Waals surface area contributed by atoms with Gasteiger partial charge >= 0.3 is 0 Å². The van der Waals surface area contributed by atoms with E-state index in [4.69, 9.17) is 4.74 Å². The van der Waals surface area contributed by atoms with E-state index < -0.39 is 11.7 Å². The number of carbonyl (C=O) groups excluding carboxylic acids is 1. The van der Waals surface area contributed by atoms with Crippen LogP contribution in [0.3, 0.4) is 0 Å². The topological polar surface area (TPSA) is 51.2 Å². The van der Waals surface area contributed by atoms with Crippen molar-refractivity contribution in [3.8, 4) is 0 Å². The Morgan fingerprint density at radius 2 is 2.41 bits per heavy atom. The number of nitrogens with one attached hydrogen (secondary N) is 1. The minimum atomic E-state index is -0.627. The predicted octanol–water partition coefficient (Wildman–Crippen LogP) is 1.54. The Labute approximate surface area is 99.5 Å². The van der Waals surface area contributed by atoms with E-state index in [0.29, 0.717) is 19.8 Å². The van der Waals surface area contributed by atoms with Crippen molar-refractivity contribution >= 4 is 5.91 Å². The summed E-state index contributed by atoms with van der Waals surface area (Å²) in [4.78, 5) is 15.1. The van der Waals surface area contributed by atoms with E-state index in [2.05, 4.69) is 16.9 Å². The van der Waals surface area contributed by atoms with Crippen LogP contribution in [0.4, 0.5) is 4.39 Å². The van der Waals surface area contributed by atoms with Gasteiger partial charge in [-0.1, -0.05) is 6.08 Å². The summed E-state index contributed by atoms with van der Waals surface area (Å²) in [6.45, 7) is 4.87. The first kappa shape index (κ1) is 13.3. The molecule has 0 bridgehead atoms. The maximum Gasteiger partial charge on any atom is 0.254 e. The Morgan fingerprint density at radius 3 is 3.12 bits per heavy atom. The van der Waals surface area contributed by atoms with Gasteiger partial charge in [0.2, 0.25) is 0 Å². The standard InChI is InChI=1S/C12H15FN2O2/c1-2-3-7-17-8-6-15-12(16)10-4-5-14-9-11(10)13/h2,4-5,9H,1,3,6-8H2,(H,15,16). The van der Waals surface area contributed by atoms with Gasteiger partial charge in [0.15, 0.2) is 5.82 Å². The van der Waals surface area contributed by atoms with Crippen LogP contribution in [0.2, 0.25) is 0 Å². The number of amides is 1. The van der Waals surface area contributed by atoms with Gasteiger partial charge in [-0.3, -0.25) is 9.78 Å². The number of pyridine rings is 1. The SMILES string of the molecule is C=CCCOCCNC(=O)c1ccncc1F. The summed E-state index contributed by atoms with van der Waals surface area (Å²) in [5, 5.41) is 2.56. The van der Waals surface area contributed by atoms with E-state index in [1.807, 2.05) is 0 Å². The summed E-state index contributed by atoms with van der Waals surface area (Å²) >= 11 is 0. The third kappa shape index (κ3) is 4.74. The zero-order valence-corrected chi connectivity index (χ0v) is 9.49. The van der Waals surface area contributed by atoms with Gasteiger partial charge in [-0.05, 0) is 12.5 Å². The second-order valence-corrected chi connectivity index (χ2v) is 3.30. The molecule has 0 saturated heterocycles. The molecule has 1 N–H and O–H groups in total. The Morgan fingerprint density at radius 1 is 1.59 bits per heavy atom. The molecule has 0 aliphatic heterocycles. The summed E-state index contributed by atoms with van der Waals surface area (Å²) in [7, 11) is 0. The van der Waals surface area contributed by atoms with Crippen LogP contribution in [0.25, 0.3) is 0 Å². The molecule has 1 rings (SSSR count). The Bertz CT molecular complexity index is 383. The van der Waals surface area contributed by atoms with Gasteiger partial charge in [-0.2, -0.15) is 0 Å². The average molecular weight is 238 g/mol. The summed E-state index contributed by atoms with van der Waals surface area (Å²) in [6, 6.07) is 1.34. The molecule has 0 aliphatic rings. The van der Waals surface area contributed by atoms with Crippen molar-refractivity contribution in [1.29, 1.82) is 0 Å². The second-order valence-electron chi connectivity index (χ2n) is 3.30. The predicted molar refractivity (Wildman–Crippen MR) is 62.2 cm³/mol. The van der Waals surface area contributed by atoms with E-state index in [-0.39, 0.29) is 5.56 Å². The molecule has 17 heavy (non-hydrogen) atoms. The number of carbonyl (C=O) groups is 1. The van der Waals surface area contributed by atoms with Crippen molar-refractivity contribution in [2.75, 3.05) is 19.8 Å². The molecule has 0 aliphatic carbocycles. The number of ether oxygens (including phenoxy) is 1. The van der Waals surface area contributed by atoms with E-state index >= 15 is 0 Å². The van der Waals surface area contributed by atoms with Gasteiger partial charge in [0, 0.05) is 12.7 Å². The zero-order chi connectivity index (χ0) is 12.5. The van der Waals surface area contributed by atoms with Crippen LogP contribution in [0, 0.1) is 5.82 Å². The number of aromatic nitrogens is 1. The first-order valence-electron chi connectivity index (χ1n) is 5.32. The van der Waals surface area contributed by atoms with Crippen LogP contribution < -0.4 is 5.32 Å². The molecular weight excluding hydrogens is 223 g/mol. The fraction of sp³-hybridized carbons (Fsp3) is 0.333. The highest BCUT2D eigenvalue weighted by molar-refractivity contribution is 5.94. The van der Waals surface area contributed by atoms with Crippen LogP contribution in [0.15, 0.2) is 31.1 Å². The van der Waals surface area contributed by atoms with Gasteiger partial charge in [0.1, 0.15) is 0 Å². The molecule has 0 atom stereocenters. The van der Waals surface area contributed by atoms with E-state index in [9.17, 15) is 9.18 Å². The fourth-order valence-electron chi connectivity index (χ4n) is 1.16. The molecule has 0 aromatic carbocycles. The Kier molecular flexibility index (Phi) is 5.88. The van der Waals surface area contributed by atoms with E-state index in [0.717, 1.165) is 12.6 Å². The lowest BCUT2D eigenvalue weighted by molar-refractivity contribution is 0.0914. The molecular formula is C12H15FN2O2. The molecule has 0 radical (unpaired) electrons. The fourth-order valence-corrected chi connectivity index (χ4v) is 1.16. The van der Waals surface area contributed by atoms with Crippen molar-refractivity contribution in [2.45, 2.75) is 6.42 Å². The molecule has 92 valence electrons. The van der Waals surface area contributed by atoms with Gasteiger partial charge in [0.25, 0.3) is 5.91 Å². The molecule has 0 spiro atoms. The molecule has 0 unspecified atom stereocenters. The molecule has 0 fully saturated rings. The highest BCUT2D eigenvalue weighted by Crippen LogP contribution is 2.03. The molecule has 1 aromatic rings. The average Bonchev–Trinajstić information content (AvgIpc) is 2.34. The monoisotopic (exact) mass is 238 g/mol. The lowest BCUT2D eigenvalue weighted by Gasteiger charge is -2.06. The zero-order valence-electron chi connectivity index (χ0n) is 9.49. The maximum absolute atomic E-state index is 13.2. The number of rotatable bonds is 7. The first-order valence-corrected chi connectivity index (χ1v) is 5.32. The molecule has 5 heteroatoms. The number of hydrogen-bond donors (Lipinski definition) is 1. The quantitative estimate of drug-likeness (QED) is 0.579. The third-order valence-electron chi connectivity index (χ3n) is 2.02. The summed E-state index contributed by atoms with van der Waals surface area (Å²) in [6.07, 6.45) is 4.91. The lowest BCUT2D eigenvalue weighted by atomic mass is 10.2. The number of nitrogens with zero attached hydrogens (tertiary/aromatic N) is 1. The second kappa shape index (κ2) is 7.51. The van der Waals surface area contributed by atoms with Gasteiger partial charge in [0.05, 0.1) is 25.0 Å². The van der Waals surface area contributed by atoms with Crippen LogP contribution in [0.1, 0.15) is 16.8 Å². The van der Waals surface area contributed by atoms with Crippen molar-refractivity contribution in [3.63, 3.8) is 0 Å². The van der Waals surface area contributed by atoms with Crippen molar-refractivity contribution in [1.82, 2.24) is 10.3 Å². The molecule has 0 saturated carbocycles. The van der Waals surface area contributed by atoms with Gasteiger partial charge in [-0.15, -0.1) is 6.58 Å². The van der Waals surface area contributed by atoms with Crippen molar-refractivity contribution < 1.29 is 13.9 Å². The molecule has 1 heterocycles. The smallest absolute Gasteiger partial charge is 0.254 e. The summed E-state index contributed by atoms with van der Waals surface area (Å²) in [5.74, 6) is -1.09. The largest absolute Gasteiger partial charge is 0.379 e. The third-order valence-corrected chi connectivity index (χ3v) is 2.02. The Hall–Kier alpha value is -1.75.